The van der Waals surface area contributed by atoms with Gasteiger partial charge in [0.25, 0.3) is 0 Å². The van der Waals surface area contributed by atoms with Crippen LogP contribution in [0.1, 0.15) is 0 Å². The molecule has 1 aliphatic rings. The monoisotopic (exact) mass is 270 g/mol. The Labute approximate surface area is 110 Å². The zero-order valence-electron chi connectivity index (χ0n) is 10.1. The van der Waals surface area contributed by atoms with Crippen LogP contribution in [0.15, 0.2) is 12.1 Å². The summed E-state index contributed by atoms with van der Waals surface area (Å²) >= 11 is 6.10. The first-order chi connectivity index (χ1) is 8.50. The molecule has 1 saturated heterocycles. The summed E-state index contributed by atoms with van der Waals surface area (Å²) in [5.41, 5.74) is 6.19. The summed E-state index contributed by atoms with van der Waals surface area (Å²) < 4.78 is 0. The van der Waals surface area contributed by atoms with Gasteiger partial charge in [0.05, 0.1) is 9.95 Å². The van der Waals surface area contributed by atoms with Crippen LogP contribution < -0.4 is 10.6 Å². The zero-order valence-corrected chi connectivity index (χ0v) is 10.9. The molecule has 0 spiro atoms. The summed E-state index contributed by atoms with van der Waals surface area (Å²) in [6.07, 6.45) is 0. The standard InChI is InChI=1S/C11H15ClN4O2/c1-14-4-6-15(7-5-14)10-8(12)2-3-9(13)11(10)16(17)18/h2-3H,4-7,13H2,1H3. The van der Waals surface area contributed by atoms with Crippen LogP contribution in [0.4, 0.5) is 17.1 Å². The summed E-state index contributed by atoms with van der Waals surface area (Å²) in [5, 5.41) is 11.5. The summed E-state index contributed by atoms with van der Waals surface area (Å²) in [6.45, 7) is 3.12. The van der Waals surface area contributed by atoms with E-state index in [4.69, 9.17) is 17.3 Å². The lowest BCUT2D eigenvalue weighted by Crippen LogP contribution is -2.44. The average molecular weight is 271 g/mol. The second-order valence-electron chi connectivity index (χ2n) is 4.38. The van der Waals surface area contributed by atoms with E-state index in [1.165, 1.54) is 6.07 Å². The minimum atomic E-state index is -0.463. The maximum absolute atomic E-state index is 11.1. The number of hydrogen-bond acceptors (Lipinski definition) is 5. The van der Waals surface area contributed by atoms with Gasteiger partial charge in [0.1, 0.15) is 11.4 Å². The average Bonchev–Trinajstić information content (AvgIpc) is 2.32. The minimum Gasteiger partial charge on any atom is -0.393 e. The number of benzene rings is 1. The molecule has 0 saturated carbocycles. The van der Waals surface area contributed by atoms with Crippen molar-refractivity contribution in [2.24, 2.45) is 0 Å². The third kappa shape index (κ3) is 2.34. The number of nitrogens with two attached hydrogens (primary N) is 1. The van der Waals surface area contributed by atoms with E-state index in [-0.39, 0.29) is 11.4 Å². The number of piperazine rings is 1. The lowest BCUT2D eigenvalue weighted by Gasteiger charge is -2.34. The Balaban J connectivity index is 2.42. The summed E-state index contributed by atoms with van der Waals surface area (Å²) in [6, 6.07) is 3.08. The largest absolute Gasteiger partial charge is 0.393 e. The fourth-order valence-corrected chi connectivity index (χ4v) is 2.37. The van der Waals surface area contributed by atoms with Crippen molar-refractivity contribution in [3.8, 4) is 0 Å². The van der Waals surface area contributed by atoms with Gasteiger partial charge in [-0.25, -0.2) is 0 Å². The predicted octanol–water partition coefficient (Wildman–Crippen LogP) is 1.58. The molecule has 2 N–H and O–H groups in total. The van der Waals surface area contributed by atoms with Crippen molar-refractivity contribution < 1.29 is 4.92 Å². The fourth-order valence-electron chi connectivity index (χ4n) is 2.09. The van der Waals surface area contributed by atoms with E-state index in [2.05, 4.69) is 4.90 Å². The molecule has 0 radical (unpaired) electrons. The van der Waals surface area contributed by atoms with E-state index in [1.807, 2.05) is 11.9 Å². The molecular formula is C11H15ClN4O2. The van der Waals surface area contributed by atoms with Crippen molar-refractivity contribution >= 4 is 28.7 Å². The van der Waals surface area contributed by atoms with Gasteiger partial charge in [-0.3, -0.25) is 10.1 Å². The van der Waals surface area contributed by atoms with Crippen LogP contribution in [0.25, 0.3) is 0 Å². The van der Waals surface area contributed by atoms with Gasteiger partial charge < -0.3 is 15.5 Å². The normalized spacial score (nSPS) is 16.9. The SMILES string of the molecule is CN1CCN(c2c(Cl)ccc(N)c2[N+](=O)[O-])CC1. The van der Waals surface area contributed by atoms with E-state index in [9.17, 15) is 10.1 Å². The van der Waals surface area contributed by atoms with E-state index in [1.54, 1.807) is 6.07 Å². The third-order valence-corrected chi connectivity index (χ3v) is 3.44. The van der Waals surface area contributed by atoms with Crippen LogP contribution in [0, 0.1) is 10.1 Å². The van der Waals surface area contributed by atoms with Crippen molar-refractivity contribution in [3.05, 3.63) is 27.3 Å². The topological polar surface area (TPSA) is 75.6 Å². The van der Waals surface area contributed by atoms with E-state index >= 15 is 0 Å². The van der Waals surface area contributed by atoms with Gasteiger partial charge in [-0.2, -0.15) is 0 Å². The molecule has 0 aromatic heterocycles. The third-order valence-electron chi connectivity index (χ3n) is 3.14. The number of nitro benzene ring substituents is 1. The fraction of sp³-hybridized carbons (Fsp3) is 0.455. The van der Waals surface area contributed by atoms with Crippen molar-refractivity contribution in [2.75, 3.05) is 43.9 Å². The second kappa shape index (κ2) is 4.99. The first-order valence-electron chi connectivity index (χ1n) is 5.66. The summed E-state index contributed by atoms with van der Waals surface area (Å²) in [5.74, 6) is 0. The van der Waals surface area contributed by atoms with Crippen LogP contribution in [0.5, 0.6) is 0 Å². The van der Waals surface area contributed by atoms with Crippen LogP contribution >= 0.6 is 11.6 Å². The number of anilines is 2. The maximum atomic E-state index is 11.1. The maximum Gasteiger partial charge on any atom is 0.316 e. The van der Waals surface area contributed by atoms with Crippen LogP contribution in [0.2, 0.25) is 5.02 Å². The van der Waals surface area contributed by atoms with Crippen LogP contribution in [0.3, 0.4) is 0 Å². The molecule has 1 aromatic carbocycles. The number of likely N-dealkylation sites (N-methyl/N-ethyl adjacent to an activating group) is 1. The Morgan fingerprint density at radius 3 is 2.50 bits per heavy atom. The lowest BCUT2D eigenvalue weighted by atomic mass is 10.2. The highest BCUT2D eigenvalue weighted by molar-refractivity contribution is 6.34. The molecule has 1 aliphatic heterocycles. The molecule has 0 unspecified atom stereocenters. The Morgan fingerprint density at radius 1 is 1.33 bits per heavy atom. The lowest BCUT2D eigenvalue weighted by molar-refractivity contribution is -0.383. The van der Waals surface area contributed by atoms with Crippen LogP contribution in [-0.2, 0) is 0 Å². The molecule has 2 rings (SSSR count). The highest BCUT2D eigenvalue weighted by Gasteiger charge is 2.27. The van der Waals surface area contributed by atoms with E-state index in [0.29, 0.717) is 23.8 Å². The zero-order chi connectivity index (χ0) is 13.3. The van der Waals surface area contributed by atoms with Crippen molar-refractivity contribution in [1.29, 1.82) is 0 Å². The first kappa shape index (κ1) is 12.9. The number of nitrogens with zero attached hydrogens (tertiary/aromatic N) is 3. The summed E-state index contributed by atoms with van der Waals surface area (Å²) in [7, 11) is 2.02. The second-order valence-corrected chi connectivity index (χ2v) is 4.79. The number of nitro groups is 1. The molecule has 0 amide bonds. The Kier molecular flexibility index (Phi) is 3.58. The molecular weight excluding hydrogens is 256 g/mol. The van der Waals surface area contributed by atoms with Crippen molar-refractivity contribution in [3.63, 3.8) is 0 Å². The molecule has 7 heteroatoms. The highest BCUT2D eigenvalue weighted by Crippen LogP contribution is 2.40. The van der Waals surface area contributed by atoms with Gasteiger partial charge in [0.2, 0.25) is 0 Å². The quantitative estimate of drug-likeness (QED) is 0.502. The molecule has 1 fully saturated rings. The van der Waals surface area contributed by atoms with Crippen LogP contribution in [-0.4, -0.2) is 43.0 Å². The number of halogens is 1. The number of nitrogen functional groups attached to an aromatic ring is 1. The molecule has 1 heterocycles. The number of hydrogen-bond donors (Lipinski definition) is 1. The molecule has 6 nitrogen and oxygen atoms in total. The Hall–Kier alpha value is -1.53. The predicted molar refractivity (Wildman–Crippen MR) is 72.2 cm³/mol. The molecule has 98 valence electrons. The molecule has 0 aliphatic carbocycles. The van der Waals surface area contributed by atoms with Crippen molar-refractivity contribution in [1.82, 2.24) is 4.90 Å². The van der Waals surface area contributed by atoms with Gasteiger partial charge in [-0.05, 0) is 19.2 Å². The summed E-state index contributed by atoms with van der Waals surface area (Å²) in [4.78, 5) is 14.8. The highest BCUT2D eigenvalue weighted by atomic mass is 35.5. The van der Waals surface area contributed by atoms with Gasteiger partial charge in [-0.15, -0.1) is 0 Å². The van der Waals surface area contributed by atoms with Crippen molar-refractivity contribution in [2.45, 2.75) is 0 Å². The van der Waals surface area contributed by atoms with E-state index < -0.39 is 4.92 Å². The first-order valence-corrected chi connectivity index (χ1v) is 6.04. The number of rotatable bonds is 2. The molecule has 0 bridgehead atoms. The molecule has 1 aromatic rings. The Morgan fingerprint density at radius 2 is 1.94 bits per heavy atom. The van der Waals surface area contributed by atoms with Gasteiger partial charge in [-0.1, -0.05) is 11.6 Å². The smallest absolute Gasteiger partial charge is 0.316 e. The minimum absolute atomic E-state index is 0.0907. The van der Waals surface area contributed by atoms with Gasteiger partial charge in [0.15, 0.2) is 0 Å². The van der Waals surface area contributed by atoms with Gasteiger partial charge >= 0.3 is 5.69 Å². The van der Waals surface area contributed by atoms with E-state index in [0.717, 1.165) is 13.1 Å². The molecule has 0 atom stereocenters. The Bertz CT molecular complexity index is 472. The molecule has 18 heavy (non-hydrogen) atoms. The van der Waals surface area contributed by atoms with Gasteiger partial charge in [0, 0.05) is 26.2 Å².